The van der Waals surface area contributed by atoms with Gasteiger partial charge in [-0.3, -0.25) is 0 Å². The topological polar surface area (TPSA) is 41.1 Å². The van der Waals surface area contributed by atoms with Gasteiger partial charge in [-0.2, -0.15) is 0 Å². The molecule has 3 heteroatoms. The van der Waals surface area contributed by atoms with Gasteiger partial charge in [0.05, 0.1) is 0 Å². The van der Waals surface area contributed by atoms with Gasteiger partial charge in [0.1, 0.15) is 0 Å². The van der Waals surface area contributed by atoms with Crippen molar-refractivity contribution in [1.29, 1.82) is 0 Å². The third-order valence-electron chi connectivity index (χ3n) is 3.15. The molecule has 0 radical (unpaired) electrons. The van der Waals surface area contributed by atoms with Gasteiger partial charge in [-0.15, -0.1) is 0 Å². The van der Waals surface area contributed by atoms with Crippen LogP contribution in [0.5, 0.6) is 0 Å². The second-order valence-corrected chi connectivity index (χ2v) is 5.16. The summed E-state index contributed by atoms with van der Waals surface area (Å²) in [5.74, 6) is 0. The molecule has 3 nitrogen and oxygen atoms in total. The fourth-order valence-electron chi connectivity index (χ4n) is 2.19. The zero-order valence-electron chi connectivity index (χ0n) is 12.6. The van der Waals surface area contributed by atoms with Crippen molar-refractivity contribution in [3.05, 3.63) is 70.9 Å². The Morgan fingerprint density at radius 3 is 2.33 bits per heavy atom. The van der Waals surface area contributed by atoms with Crippen LogP contribution in [-0.4, -0.2) is 6.03 Å². The third-order valence-corrected chi connectivity index (χ3v) is 3.15. The van der Waals surface area contributed by atoms with Crippen molar-refractivity contribution >= 4 is 17.8 Å². The lowest BCUT2D eigenvalue weighted by Gasteiger charge is -2.07. The van der Waals surface area contributed by atoms with Gasteiger partial charge in [-0.1, -0.05) is 30.3 Å². The van der Waals surface area contributed by atoms with E-state index in [1.165, 1.54) is 5.56 Å². The molecule has 2 aromatic rings. The summed E-state index contributed by atoms with van der Waals surface area (Å²) in [7, 11) is 0. The van der Waals surface area contributed by atoms with E-state index in [1.54, 1.807) is 6.20 Å². The van der Waals surface area contributed by atoms with E-state index < -0.39 is 0 Å². The van der Waals surface area contributed by atoms with Crippen molar-refractivity contribution in [2.24, 2.45) is 0 Å². The minimum atomic E-state index is -0.246. The molecule has 0 aliphatic carbocycles. The van der Waals surface area contributed by atoms with Gasteiger partial charge in [0.15, 0.2) is 0 Å². The highest BCUT2D eigenvalue weighted by molar-refractivity contribution is 5.90. The molecule has 0 heterocycles. The fraction of sp³-hybridized carbons (Fsp3) is 0.167. The van der Waals surface area contributed by atoms with Crippen LogP contribution in [0.4, 0.5) is 10.5 Å². The van der Waals surface area contributed by atoms with Crippen LogP contribution in [0.25, 0.3) is 6.08 Å². The van der Waals surface area contributed by atoms with Crippen LogP contribution >= 0.6 is 0 Å². The summed E-state index contributed by atoms with van der Waals surface area (Å²) in [4.78, 5) is 11.8. The van der Waals surface area contributed by atoms with Crippen LogP contribution in [0.1, 0.15) is 22.3 Å². The van der Waals surface area contributed by atoms with E-state index in [0.717, 1.165) is 22.4 Å². The molecule has 21 heavy (non-hydrogen) atoms. The third kappa shape index (κ3) is 4.49. The van der Waals surface area contributed by atoms with E-state index in [0.29, 0.717) is 0 Å². The number of hydrogen-bond acceptors (Lipinski definition) is 1. The highest BCUT2D eigenvalue weighted by atomic mass is 16.2. The number of carbonyl (C=O) groups excluding carboxylic acids is 1. The number of benzene rings is 2. The molecule has 2 amide bonds. The second-order valence-electron chi connectivity index (χ2n) is 5.16. The van der Waals surface area contributed by atoms with Gasteiger partial charge < -0.3 is 10.6 Å². The molecule has 0 fully saturated rings. The largest absolute Gasteiger partial charge is 0.323 e. The van der Waals surface area contributed by atoms with Crippen molar-refractivity contribution in [1.82, 2.24) is 5.32 Å². The van der Waals surface area contributed by atoms with Gasteiger partial charge in [0, 0.05) is 11.9 Å². The van der Waals surface area contributed by atoms with Crippen LogP contribution in [0.3, 0.4) is 0 Å². The van der Waals surface area contributed by atoms with Gasteiger partial charge in [0.2, 0.25) is 0 Å². The molecule has 0 saturated heterocycles. The Morgan fingerprint density at radius 2 is 1.67 bits per heavy atom. The molecule has 0 aliphatic rings. The van der Waals surface area contributed by atoms with E-state index in [2.05, 4.69) is 16.7 Å². The summed E-state index contributed by atoms with van der Waals surface area (Å²) in [6.45, 7) is 6.05. The predicted octanol–water partition coefficient (Wildman–Crippen LogP) is 4.40. The SMILES string of the molecule is Cc1cc(C)cc(NC(=O)N/C=C/c2ccccc2C)c1. The van der Waals surface area contributed by atoms with Crippen molar-refractivity contribution in [3.8, 4) is 0 Å². The van der Waals surface area contributed by atoms with Crippen LogP contribution in [0.15, 0.2) is 48.7 Å². The second kappa shape index (κ2) is 6.75. The van der Waals surface area contributed by atoms with Crippen LogP contribution in [0, 0.1) is 20.8 Å². The minimum absolute atomic E-state index is 0.246. The molecule has 2 aromatic carbocycles. The molecule has 0 bridgehead atoms. The number of rotatable bonds is 3. The monoisotopic (exact) mass is 280 g/mol. The average Bonchev–Trinajstić information content (AvgIpc) is 2.39. The Kier molecular flexibility index (Phi) is 4.77. The fourth-order valence-corrected chi connectivity index (χ4v) is 2.19. The molecule has 0 unspecified atom stereocenters. The number of amides is 2. The van der Waals surface area contributed by atoms with Gasteiger partial charge in [-0.25, -0.2) is 4.79 Å². The maximum Gasteiger partial charge on any atom is 0.323 e. The van der Waals surface area contributed by atoms with Gasteiger partial charge in [0.25, 0.3) is 0 Å². The zero-order chi connectivity index (χ0) is 15.2. The molecular formula is C18H20N2O. The van der Waals surface area contributed by atoms with Crippen molar-refractivity contribution in [3.63, 3.8) is 0 Å². The molecule has 0 atom stereocenters. The summed E-state index contributed by atoms with van der Waals surface area (Å²) in [5, 5.41) is 5.54. The Labute approximate surface area is 125 Å². The normalized spacial score (nSPS) is 10.6. The van der Waals surface area contributed by atoms with Crippen LogP contribution in [0.2, 0.25) is 0 Å². The van der Waals surface area contributed by atoms with Gasteiger partial charge >= 0.3 is 6.03 Å². The summed E-state index contributed by atoms with van der Waals surface area (Å²) in [6.07, 6.45) is 3.54. The molecule has 0 saturated carbocycles. The van der Waals surface area contributed by atoms with Crippen molar-refractivity contribution in [2.45, 2.75) is 20.8 Å². The molecule has 2 N–H and O–H groups in total. The molecule has 108 valence electrons. The maximum atomic E-state index is 11.8. The van der Waals surface area contributed by atoms with E-state index in [9.17, 15) is 4.79 Å². The first-order valence-corrected chi connectivity index (χ1v) is 6.92. The Balaban J connectivity index is 1.95. The number of urea groups is 1. The summed E-state index contributed by atoms with van der Waals surface area (Å²) < 4.78 is 0. The number of nitrogens with one attached hydrogen (secondary N) is 2. The average molecular weight is 280 g/mol. The number of carbonyl (C=O) groups is 1. The van der Waals surface area contributed by atoms with Crippen molar-refractivity contribution in [2.75, 3.05) is 5.32 Å². The smallest absolute Gasteiger partial charge is 0.314 e. The van der Waals surface area contributed by atoms with Gasteiger partial charge in [-0.05, 0) is 61.2 Å². The van der Waals surface area contributed by atoms with Crippen LogP contribution < -0.4 is 10.6 Å². The zero-order valence-corrected chi connectivity index (χ0v) is 12.6. The minimum Gasteiger partial charge on any atom is -0.314 e. The van der Waals surface area contributed by atoms with E-state index in [4.69, 9.17) is 0 Å². The molecular weight excluding hydrogens is 260 g/mol. The first-order chi connectivity index (χ1) is 10.0. The highest BCUT2D eigenvalue weighted by Gasteiger charge is 2.00. The number of anilines is 1. The van der Waals surface area contributed by atoms with E-state index in [1.807, 2.05) is 63.2 Å². The molecule has 0 spiro atoms. The molecule has 0 aliphatic heterocycles. The summed E-state index contributed by atoms with van der Waals surface area (Å²) in [6, 6.07) is 13.7. The Bertz CT molecular complexity index is 654. The Morgan fingerprint density at radius 1 is 1.00 bits per heavy atom. The Hall–Kier alpha value is -2.55. The van der Waals surface area contributed by atoms with E-state index >= 15 is 0 Å². The maximum absolute atomic E-state index is 11.8. The lowest BCUT2D eigenvalue weighted by molar-refractivity contribution is 0.255. The first-order valence-electron chi connectivity index (χ1n) is 6.92. The van der Waals surface area contributed by atoms with Crippen LogP contribution in [-0.2, 0) is 0 Å². The standard InChI is InChI=1S/C18H20N2O/c1-13-10-14(2)12-17(11-13)20-18(21)19-9-8-16-7-5-4-6-15(16)3/h4-12H,1-3H3,(H2,19,20,21)/b9-8+. The lowest BCUT2D eigenvalue weighted by Crippen LogP contribution is -2.23. The first kappa shape index (κ1) is 14.9. The number of aryl methyl sites for hydroxylation is 3. The highest BCUT2D eigenvalue weighted by Crippen LogP contribution is 2.13. The van der Waals surface area contributed by atoms with Crippen molar-refractivity contribution < 1.29 is 4.79 Å². The quantitative estimate of drug-likeness (QED) is 0.859. The molecule has 2 rings (SSSR count). The molecule has 0 aromatic heterocycles. The lowest BCUT2D eigenvalue weighted by atomic mass is 10.1. The summed E-state index contributed by atoms with van der Waals surface area (Å²) >= 11 is 0. The predicted molar refractivity (Wildman–Crippen MR) is 88.3 cm³/mol. The van der Waals surface area contributed by atoms with E-state index in [-0.39, 0.29) is 6.03 Å². The number of hydrogen-bond donors (Lipinski definition) is 2. The summed E-state index contributed by atoms with van der Waals surface area (Å²) in [5.41, 5.74) is 5.31.